The second kappa shape index (κ2) is 9.56. The van der Waals surface area contributed by atoms with Crippen molar-refractivity contribution >= 4 is 28.7 Å². The zero-order valence-corrected chi connectivity index (χ0v) is 18.3. The molecule has 9 nitrogen and oxygen atoms in total. The summed E-state index contributed by atoms with van der Waals surface area (Å²) in [5.41, 5.74) is -1.11. The quantitative estimate of drug-likeness (QED) is 0.307. The third-order valence-corrected chi connectivity index (χ3v) is 4.81. The molecular weight excluding hydrogens is 432 g/mol. The molecule has 0 unspecified atom stereocenters. The summed E-state index contributed by atoms with van der Waals surface area (Å²) < 4.78 is 16.4. The van der Waals surface area contributed by atoms with Crippen LogP contribution in [0.25, 0.3) is 22.3 Å². The molecule has 9 heteroatoms. The maximum absolute atomic E-state index is 13.5. The van der Waals surface area contributed by atoms with Crippen LogP contribution in [0.15, 0.2) is 39.5 Å². The van der Waals surface area contributed by atoms with Gasteiger partial charge >= 0.3 is 11.9 Å². The molecule has 0 saturated carbocycles. The van der Waals surface area contributed by atoms with Crippen molar-refractivity contribution in [3.63, 3.8) is 0 Å². The van der Waals surface area contributed by atoms with Crippen molar-refractivity contribution in [2.75, 3.05) is 0 Å². The van der Waals surface area contributed by atoms with Gasteiger partial charge in [-0.15, -0.1) is 0 Å². The highest BCUT2D eigenvalue weighted by Gasteiger charge is 2.29. The number of ether oxygens (including phenoxy) is 2. The minimum atomic E-state index is -0.870. The first-order valence-corrected chi connectivity index (χ1v) is 10.3. The summed E-state index contributed by atoms with van der Waals surface area (Å²) in [4.78, 5) is 50.2. The van der Waals surface area contributed by atoms with Crippen LogP contribution >= 0.6 is 0 Å². The van der Waals surface area contributed by atoms with Crippen molar-refractivity contribution < 1.29 is 38.5 Å². The minimum Gasteiger partial charge on any atom is -0.508 e. The van der Waals surface area contributed by atoms with Crippen molar-refractivity contribution in [1.29, 1.82) is 0 Å². The number of aromatic hydroxyl groups is 2. The van der Waals surface area contributed by atoms with Crippen LogP contribution < -0.4 is 14.9 Å². The van der Waals surface area contributed by atoms with Crippen LogP contribution in [0.2, 0.25) is 0 Å². The highest BCUT2D eigenvalue weighted by atomic mass is 16.5. The maximum atomic E-state index is 13.5. The molecule has 0 amide bonds. The van der Waals surface area contributed by atoms with E-state index in [1.54, 1.807) is 6.92 Å². The number of esters is 2. The molecule has 1 heterocycles. The zero-order chi connectivity index (χ0) is 24.3. The first-order chi connectivity index (χ1) is 15.7. The average Bonchev–Trinajstić information content (AvgIpc) is 2.80. The molecule has 0 atom stereocenters. The van der Waals surface area contributed by atoms with Gasteiger partial charge in [0, 0.05) is 30.9 Å². The van der Waals surface area contributed by atoms with E-state index in [1.165, 1.54) is 38.1 Å². The normalized spacial score (nSPS) is 10.8. The molecule has 0 aliphatic heterocycles. The number of phenols is 2. The molecule has 0 aliphatic rings. The number of benzene rings is 2. The van der Waals surface area contributed by atoms with Gasteiger partial charge in [-0.1, -0.05) is 20.8 Å². The smallest absolute Gasteiger partial charge is 0.311 e. The summed E-state index contributed by atoms with van der Waals surface area (Å²) in [6.45, 7) is 4.60. The number of rotatable bonds is 7. The topological polar surface area (TPSA) is 140 Å². The Morgan fingerprint density at radius 3 is 2.00 bits per heavy atom. The molecule has 2 aromatic carbocycles. The van der Waals surface area contributed by atoms with Crippen LogP contribution in [0.1, 0.15) is 50.4 Å². The van der Waals surface area contributed by atoms with Crippen LogP contribution in [0.5, 0.6) is 23.0 Å². The molecule has 33 heavy (non-hydrogen) atoms. The first kappa shape index (κ1) is 23.5. The van der Waals surface area contributed by atoms with Crippen molar-refractivity contribution in [2.24, 2.45) is 0 Å². The molecule has 0 bridgehead atoms. The molecule has 2 N–H and O–H groups in total. The van der Waals surface area contributed by atoms with Gasteiger partial charge in [0.2, 0.25) is 11.2 Å². The van der Waals surface area contributed by atoms with Crippen LogP contribution in [-0.2, 0) is 9.59 Å². The highest BCUT2D eigenvalue weighted by molar-refractivity contribution is 6.07. The van der Waals surface area contributed by atoms with E-state index in [2.05, 4.69) is 0 Å². The Morgan fingerprint density at radius 1 is 0.879 bits per heavy atom. The number of carbonyl (C=O) groups excluding carboxylic acids is 3. The number of hydrogen-bond donors (Lipinski definition) is 2. The standard InChI is InChI=1S/C24H22O9/c1-4-14(26)19-15(27)11-16-20(23(19)32-17(28)5-2)21(30)24(33-18(29)6-3)22(31-16)12-7-9-13(25)10-8-12/h7-11,25,27H,4-6H2,1-3H3. The monoisotopic (exact) mass is 454 g/mol. The molecule has 0 spiro atoms. The Kier molecular flexibility index (Phi) is 6.81. The largest absolute Gasteiger partial charge is 0.508 e. The predicted octanol–water partition coefficient (Wildman–Crippen LogP) is 4.09. The molecule has 0 aliphatic carbocycles. The summed E-state index contributed by atoms with van der Waals surface area (Å²) >= 11 is 0. The van der Waals surface area contributed by atoms with Gasteiger partial charge in [0.05, 0.1) is 0 Å². The van der Waals surface area contributed by atoms with Crippen LogP contribution in [0.3, 0.4) is 0 Å². The van der Waals surface area contributed by atoms with Gasteiger partial charge in [0.1, 0.15) is 28.0 Å². The second-order valence-electron chi connectivity index (χ2n) is 7.04. The lowest BCUT2D eigenvalue weighted by molar-refractivity contribution is -0.135. The number of Topliss-reactive ketones (excluding diaryl/α,β-unsaturated/α-hetero) is 1. The van der Waals surface area contributed by atoms with Gasteiger partial charge < -0.3 is 24.1 Å². The summed E-state index contributed by atoms with van der Waals surface area (Å²) in [7, 11) is 0. The highest BCUT2D eigenvalue weighted by Crippen LogP contribution is 2.40. The van der Waals surface area contributed by atoms with E-state index in [-0.39, 0.29) is 47.3 Å². The van der Waals surface area contributed by atoms with E-state index >= 15 is 0 Å². The van der Waals surface area contributed by atoms with Gasteiger partial charge in [-0.2, -0.15) is 0 Å². The van der Waals surface area contributed by atoms with Crippen LogP contribution in [-0.4, -0.2) is 27.9 Å². The predicted molar refractivity (Wildman–Crippen MR) is 118 cm³/mol. The number of carbonyl (C=O) groups is 3. The molecular formula is C24H22O9. The van der Waals surface area contributed by atoms with Gasteiger partial charge in [-0.3, -0.25) is 19.2 Å². The van der Waals surface area contributed by atoms with Gasteiger partial charge in [-0.25, -0.2) is 0 Å². The third-order valence-electron chi connectivity index (χ3n) is 4.81. The van der Waals surface area contributed by atoms with E-state index in [9.17, 15) is 29.4 Å². The Balaban J connectivity index is 2.46. The molecule has 0 saturated heterocycles. The summed E-state index contributed by atoms with van der Waals surface area (Å²) in [5.74, 6) is -3.69. The number of hydrogen-bond acceptors (Lipinski definition) is 9. The van der Waals surface area contributed by atoms with Crippen molar-refractivity contribution in [2.45, 2.75) is 40.0 Å². The second-order valence-corrected chi connectivity index (χ2v) is 7.04. The van der Waals surface area contributed by atoms with Gasteiger partial charge in [0.25, 0.3) is 0 Å². The molecule has 0 radical (unpaired) electrons. The van der Waals surface area contributed by atoms with E-state index < -0.39 is 40.4 Å². The lowest BCUT2D eigenvalue weighted by Crippen LogP contribution is -2.18. The molecule has 3 rings (SSSR count). The SMILES string of the molecule is CCC(=O)Oc1c(-c2ccc(O)cc2)oc2cc(O)c(C(=O)CC)c(OC(=O)CC)c2c1=O. The van der Waals surface area contributed by atoms with Crippen LogP contribution in [0, 0.1) is 0 Å². The Hall–Kier alpha value is -4.14. The lowest BCUT2D eigenvalue weighted by Gasteiger charge is -2.15. The number of ketones is 1. The third kappa shape index (κ3) is 4.57. The van der Waals surface area contributed by atoms with Crippen molar-refractivity contribution in [3.05, 3.63) is 46.1 Å². The average molecular weight is 454 g/mol. The Bertz CT molecular complexity index is 1300. The summed E-state index contributed by atoms with van der Waals surface area (Å²) in [6, 6.07) is 6.64. The molecule has 0 fully saturated rings. The first-order valence-electron chi connectivity index (χ1n) is 10.3. The lowest BCUT2D eigenvalue weighted by atomic mass is 10.0. The molecule has 3 aromatic rings. The van der Waals surface area contributed by atoms with Gasteiger partial charge in [-0.05, 0) is 24.3 Å². The Morgan fingerprint density at radius 2 is 1.45 bits per heavy atom. The summed E-state index contributed by atoms with van der Waals surface area (Å²) in [5, 5.41) is 19.8. The van der Waals surface area contributed by atoms with E-state index in [0.717, 1.165) is 6.07 Å². The number of phenolic OH excluding ortho intramolecular Hbond substituents is 2. The van der Waals surface area contributed by atoms with Gasteiger partial charge in [0.15, 0.2) is 17.3 Å². The minimum absolute atomic E-state index is 0.0374. The Labute approximate surface area is 188 Å². The summed E-state index contributed by atoms with van der Waals surface area (Å²) in [6.07, 6.45) is -0.144. The molecule has 172 valence electrons. The number of fused-ring (bicyclic) bond motifs is 1. The fourth-order valence-electron chi connectivity index (χ4n) is 3.11. The molecule has 1 aromatic heterocycles. The fourth-order valence-corrected chi connectivity index (χ4v) is 3.11. The fraction of sp³-hybridized carbons (Fsp3) is 0.250. The van der Waals surface area contributed by atoms with Crippen molar-refractivity contribution in [3.8, 4) is 34.3 Å². The van der Waals surface area contributed by atoms with E-state index in [1.807, 2.05) is 0 Å². The van der Waals surface area contributed by atoms with E-state index in [0.29, 0.717) is 5.56 Å². The van der Waals surface area contributed by atoms with Crippen LogP contribution in [0.4, 0.5) is 0 Å². The maximum Gasteiger partial charge on any atom is 0.311 e. The zero-order valence-electron chi connectivity index (χ0n) is 18.3. The van der Waals surface area contributed by atoms with Crippen molar-refractivity contribution in [1.82, 2.24) is 0 Å². The van der Waals surface area contributed by atoms with E-state index in [4.69, 9.17) is 13.9 Å².